The third kappa shape index (κ3) is 5.39. The number of alkyl halides is 6. The molecule has 2 aliphatic carbocycles. The molecule has 6 rings (SSSR count). The highest BCUT2D eigenvalue weighted by molar-refractivity contribution is 6.96. The van der Waals surface area contributed by atoms with Crippen molar-refractivity contribution in [1.82, 2.24) is 0 Å². The second-order valence-electron chi connectivity index (χ2n) is 12.8. The molecule has 4 aromatic carbocycles. The molecule has 0 amide bonds. The lowest BCUT2D eigenvalue weighted by atomic mass is 9.96. The Hall–Kier alpha value is -3.84. The molecular formula is C38H34F6Si. The van der Waals surface area contributed by atoms with E-state index >= 15 is 0 Å². The largest absolute Gasteiger partial charge is 0.416 e. The minimum atomic E-state index is -4.39. The second kappa shape index (κ2) is 11.2. The maximum atomic E-state index is 13.3. The van der Waals surface area contributed by atoms with Crippen LogP contribution in [0.15, 0.2) is 95.3 Å². The Morgan fingerprint density at radius 1 is 0.511 bits per heavy atom. The fraction of sp³-hybridized carbons (Fsp3) is 0.263. The molecule has 0 spiro atoms. The number of hydrogen-bond acceptors (Lipinski definition) is 0. The van der Waals surface area contributed by atoms with Gasteiger partial charge in [0.1, 0.15) is 8.07 Å². The van der Waals surface area contributed by atoms with Gasteiger partial charge >= 0.3 is 12.4 Å². The van der Waals surface area contributed by atoms with Gasteiger partial charge in [-0.05, 0) is 92.7 Å². The molecule has 0 aliphatic heterocycles. The monoisotopic (exact) mass is 632 g/mol. The molecule has 45 heavy (non-hydrogen) atoms. The predicted molar refractivity (Wildman–Crippen MR) is 173 cm³/mol. The van der Waals surface area contributed by atoms with E-state index in [1.54, 1.807) is 24.3 Å². The highest BCUT2D eigenvalue weighted by Crippen LogP contribution is 2.52. The highest BCUT2D eigenvalue weighted by Gasteiger charge is 2.48. The average molecular weight is 633 g/mol. The summed E-state index contributed by atoms with van der Waals surface area (Å²) >= 11 is 0. The van der Waals surface area contributed by atoms with E-state index in [0.717, 1.165) is 70.5 Å². The van der Waals surface area contributed by atoms with Gasteiger partial charge in [-0.2, -0.15) is 26.3 Å². The third-order valence-electron chi connectivity index (χ3n) is 9.72. The van der Waals surface area contributed by atoms with Crippen LogP contribution >= 0.6 is 0 Å². The summed E-state index contributed by atoms with van der Waals surface area (Å²) in [5.74, 6) is 0. The zero-order valence-electron chi connectivity index (χ0n) is 25.6. The molecule has 0 bridgehead atoms. The van der Waals surface area contributed by atoms with E-state index in [0.29, 0.717) is 11.1 Å². The molecule has 0 aromatic heterocycles. The smallest absolute Gasteiger partial charge is 0.166 e. The summed E-state index contributed by atoms with van der Waals surface area (Å²) in [6, 6.07) is 23.0. The molecule has 0 nitrogen and oxygen atoms in total. The maximum Gasteiger partial charge on any atom is 0.416 e. The molecular weight excluding hydrogens is 598 g/mol. The van der Waals surface area contributed by atoms with Crippen LogP contribution in [0.25, 0.3) is 34.4 Å². The van der Waals surface area contributed by atoms with Crippen molar-refractivity contribution in [3.8, 4) is 22.3 Å². The Morgan fingerprint density at radius 3 is 1.18 bits per heavy atom. The number of hydrogen-bond donors (Lipinski definition) is 0. The Bertz CT molecular complexity index is 1670. The summed E-state index contributed by atoms with van der Waals surface area (Å²) < 4.78 is 79.5. The second-order valence-corrected chi connectivity index (χ2v) is 18.1. The van der Waals surface area contributed by atoms with Gasteiger partial charge < -0.3 is 0 Å². The SMILES string of the molecule is CC(C)[Si](C1=Cc2c(cccc2-c2ccc(C(F)(F)F)cc2)C1)(C1=Cc2c(cccc2-c2ccc(C(F)(F)F)cc2)C1)C(C)C. The minimum Gasteiger partial charge on any atom is -0.166 e. The lowest BCUT2D eigenvalue weighted by Crippen LogP contribution is -2.46. The molecule has 232 valence electrons. The summed E-state index contributed by atoms with van der Waals surface area (Å²) in [6.07, 6.45) is -2.55. The summed E-state index contributed by atoms with van der Waals surface area (Å²) in [4.78, 5) is 0. The Balaban J connectivity index is 1.43. The number of fused-ring (bicyclic) bond motifs is 2. The van der Waals surface area contributed by atoms with Gasteiger partial charge in [0.05, 0.1) is 11.1 Å². The van der Waals surface area contributed by atoms with Crippen molar-refractivity contribution in [2.45, 2.75) is 64.0 Å². The van der Waals surface area contributed by atoms with Crippen LogP contribution in [0.5, 0.6) is 0 Å². The standard InChI is InChI=1S/C38H34F6Si/c1-23(2)45(24(3)4,31-19-27-7-5-9-33(35(27)21-31)25-11-15-29(16-12-25)37(39,40)41)32-20-28-8-6-10-34(36(28)22-32)26-13-17-30(18-14-26)38(42,43)44/h5-18,21-24H,19-20H2,1-4H3. The van der Waals surface area contributed by atoms with Gasteiger partial charge in [0.2, 0.25) is 0 Å². The number of benzene rings is 4. The van der Waals surface area contributed by atoms with E-state index in [4.69, 9.17) is 0 Å². The van der Waals surface area contributed by atoms with Crippen molar-refractivity contribution in [2.24, 2.45) is 0 Å². The van der Waals surface area contributed by atoms with Crippen molar-refractivity contribution in [3.63, 3.8) is 0 Å². The molecule has 0 heterocycles. The van der Waals surface area contributed by atoms with E-state index in [9.17, 15) is 26.3 Å². The summed E-state index contributed by atoms with van der Waals surface area (Å²) in [5, 5.41) is 2.83. The van der Waals surface area contributed by atoms with Gasteiger partial charge in [-0.15, -0.1) is 0 Å². The third-order valence-corrected chi connectivity index (χ3v) is 16.1. The van der Waals surface area contributed by atoms with E-state index in [1.807, 2.05) is 24.3 Å². The first kappa shape index (κ1) is 31.2. The summed E-state index contributed by atoms with van der Waals surface area (Å²) in [6.45, 7) is 9.20. The fourth-order valence-electron chi connectivity index (χ4n) is 7.80. The molecule has 0 atom stereocenters. The lowest BCUT2D eigenvalue weighted by molar-refractivity contribution is -0.138. The van der Waals surface area contributed by atoms with Crippen molar-refractivity contribution in [3.05, 3.63) is 129 Å². The minimum absolute atomic E-state index is 0.364. The van der Waals surface area contributed by atoms with E-state index in [-0.39, 0.29) is 0 Å². The van der Waals surface area contributed by atoms with Crippen LogP contribution in [0.1, 0.15) is 61.1 Å². The number of halogens is 6. The quantitative estimate of drug-likeness (QED) is 0.147. The van der Waals surface area contributed by atoms with Crippen LogP contribution in [0, 0.1) is 0 Å². The van der Waals surface area contributed by atoms with Gasteiger partial charge in [-0.1, -0.05) is 111 Å². The van der Waals surface area contributed by atoms with Crippen molar-refractivity contribution in [1.29, 1.82) is 0 Å². The van der Waals surface area contributed by atoms with Crippen molar-refractivity contribution >= 4 is 20.2 Å². The summed E-state index contributed by atoms with van der Waals surface area (Å²) in [5.41, 5.74) is 7.29. The van der Waals surface area contributed by atoms with Crippen LogP contribution in [0.3, 0.4) is 0 Å². The highest BCUT2D eigenvalue weighted by atomic mass is 28.3. The Morgan fingerprint density at radius 2 is 0.867 bits per heavy atom. The fourth-order valence-corrected chi connectivity index (χ4v) is 14.2. The van der Waals surface area contributed by atoms with Gasteiger partial charge in [0.15, 0.2) is 0 Å². The number of rotatable bonds is 6. The first-order valence-corrected chi connectivity index (χ1v) is 17.4. The van der Waals surface area contributed by atoms with Crippen molar-refractivity contribution in [2.75, 3.05) is 0 Å². The normalized spacial score (nSPS) is 14.9. The molecule has 2 aliphatic rings. The molecule has 0 fully saturated rings. The maximum absolute atomic E-state index is 13.3. The molecule has 4 aromatic rings. The topological polar surface area (TPSA) is 0 Å². The first-order chi connectivity index (χ1) is 21.2. The Labute approximate surface area is 261 Å². The van der Waals surface area contributed by atoms with E-state index < -0.39 is 31.6 Å². The van der Waals surface area contributed by atoms with Crippen LogP contribution < -0.4 is 0 Å². The zero-order chi connectivity index (χ0) is 32.3. The molecule has 0 radical (unpaired) electrons. The van der Waals surface area contributed by atoms with Crippen LogP contribution in [-0.2, 0) is 25.2 Å². The molecule has 0 saturated heterocycles. The Kier molecular flexibility index (Phi) is 7.75. The van der Waals surface area contributed by atoms with Gasteiger partial charge in [-0.3, -0.25) is 0 Å². The predicted octanol–water partition coefficient (Wildman–Crippen LogP) is 12.0. The molecule has 0 N–H and O–H groups in total. The average Bonchev–Trinajstić information content (AvgIpc) is 3.61. The summed E-state index contributed by atoms with van der Waals surface area (Å²) in [7, 11) is -2.37. The van der Waals surface area contributed by atoms with Crippen LogP contribution in [-0.4, -0.2) is 8.07 Å². The molecule has 0 saturated carbocycles. The van der Waals surface area contributed by atoms with Gasteiger partial charge in [0.25, 0.3) is 0 Å². The number of allylic oxidation sites excluding steroid dienone is 2. The molecule has 7 heteroatoms. The van der Waals surface area contributed by atoms with Crippen molar-refractivity contribution < 1.29 is 26.3 Å². The van der Waals surface area contributed by atoms with E-state index in [2.05, 4.69) is 52.0 Å². The zero-order valence-corrected chi connectivity index (χ0v) is 26.6. The van der Waals surface area contributed by atoms with Crippen LogP contribution in [0.4, 0.5) is 26.3 Å². The first-order valence-electron chi connectivity index (χ1n) is 15.2. The van der Waals surface area contributed by atoms with Gasteiger partial charge in [-0.25, -0.2) is 0 Å². The molecule has 0 unspecified atom stereocenters. The van der Waals surface area contributed by atoms with Crippen LogP contribution in [0.2, 0.25) is 11.1 Å². The van der Waals surface area contributed by atoms with Gasteiger partial charge in [0, 0.05) is 0 Å². The van der Waals surface area contributed by atoms with E-state index in [1.165, 1.54) is 21.5 Å². The lowest BCUT2D eigenvalue weighted by Gasteiger charge is -2.42.